The monoisotopic (exact) mass is 282 g/mol. The lowest BCUT2D eigenvalue weighted by molar-refractivity contribution is -0.155. The van der Waals surface area contributed by atoms with Gasteiger partial charge in [-0.15, -0.1) is 0 Å². The maximum atomic E-state index is 13.1. The van der Waals surface area contributed by atoms with Crippen molar-refractivity contribution in [3.63, 3.8) is 0 Å². The highest BCUT2D eigenvalue weighted by Gasteiger charge is 2.54. The van der Waals surface area contributed by atoms with Crippen LogP contribution in [0.2, 0.25) is 0 Å². The molecule has 0 bridgehead atoms. The van der Waals surface area contributed by atoms with Crippen LogP contribution in [0, 0.1) is 0 Å². The Balaban J connectivity index is 2.89. The van der Waals surface area contributed by atoms with Crippen LogP contribution in [-0.4, -0.2) is 11.3 Å². The highest BCUT2D eigenvalue weighted by molar-refractivity contribution is 6.22. The van der Waals surface area contributed by atoms with Gasteiger partial charge < -0.3 is 0 Å². The van der Waals surface area contributed by atoms with Gasteiger partial charge in [0.2, 0.25) is 0 Å². The predicted octanol–water partition coefficient (Wildman–Crippen LogP) is 4.99. The molecule has 102 valence electrons. The molecule has 0 atom stereocenters. The molecule has 0 fully saturated rings. The van der Waals surface area contributed by atoms with Crippen LogP contribution in [0.25, 0.3) is 0 Å². The molecule has 0 radical (unpaired) electrons. The lowest BCUT2D eigenvalue weighted by atomic mass is 9.86. The maximum absolute atomic E-state index is 13.1. The molecule has 0 heterocycles. The first-order chi connectivity index (χ1) is 7.93. The Hall–Kier alpha value is -0.770. The van der Waals surface area contributed by atoms with E-state index in [4.69, 9.17) is 0 Å². The van der Waals surface area contributed by atoms with E-state index in [0.29, 0.717) is 0 Å². The zero-order valence-electron chi connectivity index (χ0n) is 10.4. The number of hydrogen-bond acceptors (Lipinski definition) is 0. The molecular weight excluding hydrogens is 268 g/mol. The van der Waals surface area contributed by atoms with Crippen LogP contribution in [-0.2, 0) is 11.8 Å². The second-order valence-electron chi connectivity index (χ2n) is 5.33. The first kappa shape index (κ1) is 15.3. The summed E-state index contributed by atoms with van der Waals surface area (Å²) < 4.78 is 51.1. The molecule has 0 aliphatic rings. The summed E-state index contributed by atoms with van der Waals surface area (Å²) in [6.45, 7) is 5.93. The van der Waals surface area contributed by atoms with Gasteiger partial charge in [0.05, 0.1) is 0 Å². The van der Waals surface area contributed by atoms with Crippen molar-refractivity contribution in [2.24, 2.45) is 0 Å². The molecule has 0 aliphatic carbocycles. The Bertz CT molecular complexity index is 398. The second-order valence-corrected chi connectivity index (χ2v) is 5.80. The molecule has 0 N–H and O–H groups in total. The van der Waals surface area contributed by atoms with Crippen LogP contribution >= 0.6 is 11.6 Å². The van der Waals surface area contributed by atoms with E-state index in [2.05, 4.69) is 11.6 Å². The number of benzene rings is 1. The Morgan fingerprint density at radius 3 is 1.72 bits per heavy atom. The summed E-state index contributed by atoms with van der Waals surface area (Å²) in [7, 11) is 0. The van der Waals surface area contributed by atoms with E-state index in [1.54, 1.807) is 12.1 Å². The Morgan fingerprint density at radius 1 is 0.944 bits per heavy atom. The van der Waals surface area contributed by atoms with Gasteiger partial charge in [-0.05, 0) is 28.1 Å². The van der Waals surface area contributed by atoms with Crippen molar-refractivity contribution < 1.29 is 17.6 Å². The fraction of sp³-hybridized carbons (Fsp3) is 0.538. The summed E-state index contributed by atoms with van der Waals surface area (Å²) >= 11 is 4.40. The average Bonchev–Trinajstić information content (AvgIpc) is 2.14. The molecule has 1 aromatic rings. The summed E-state index contributed by atoms with van der Waals surface area (Å²) in [5, 5.41) is -4.53. The van der Waals surface area contributed by atoms with E-state index in [0.717, 1.165) is 5.56 Å². The fourth-order valence-corrected chi connectivity index (χ4v) is 1.55. The van der Waals surface area contributed by atoms with Crippen molar-refractivity contribution in [2.75, 3.05) is 0 Å². The number of rotatable bonds is 3. The number of halogens is 5. The molecule has 0 saturated carbocycles. The summed E-state index contributed by atoms with van der Waals surface area (Å²) in [6.07, 6.45) is -1.08. The quantitative estimate of drug-likeness (QED) is 0.541. The highest BCUT2D eigenvalue weighted by Crippen LogP contribution is 2.40. The molecule has 0 amide bonds. The van der Waals surface area contributed by atoms with E-state index in [9.17, 15) is 17.6 Å². The van der Waals surface area contributed by atoms with Crippen LogP contribution in [0.1, 0.15) is 31.9 Å². The minimum Gasteiger partial charge on any atom is -0.198 e. The SMILES string of the molecule is CC(C)(C)c1ccc(CC(F)(F)C(F)(F)Cl)cc1. The highest BCUT2D eigenvalue weighted by atomic mass is 35.5. The van der Waals surface area contributed by atoms with Crippen molar-refractivity contribution >= 4 is 11.6 Å². The van der Waals surface area contributed by atoms with Crippen LogP contribution < -0.4 is 0 Å². The second kappa shape index (κ2) is 4.72. The van der Waals surface area contributed by atoms with Gasteiger partial charge in [0.25, 0.3) is 0 Å². The predicted molar refractivity (Wildman–Crippen MR) is 64.6 cm³/mol. The maximum Gasteiger partial charge on any atom is 0.384 e. The minimum atomic E-state index is -4.53. The van der Waals surface area contributed by atoms with Gasteiger partial charge in [-0.1, -0.05) is 45.0 Å². The molecule has 18 heavy (non-hydrogen) atoms. The van der Waals surface area contributed by atoms with Crippen molar-refractivity contribution in [1.82, 2.24) is 0 Å². The van der Waals surface area contributed by atoms with E-state index in [1.807, 2.05) is 20.8 Å². The van der Waals surface area contributed by atoms with E-state index in [-0.39, 0.29) is 11.0 Å². The van der Waals surface area contributed by atoms with Crippen molar-refractivity contribution in [3.8, 4) is 0 Å². The van der Waals surface area contributed by atoms with E-state index in [1.165, 1.54) is 12.1 Å². The van der Waals surface area contributed by atoms with Crippen LogP contribution in [0.3, 0.4) is 0 Å². The third-order valence-corrected chi connectivity index (χ3v) is 2.94. The van der Waals surface area contributed by atoms with Crippen molar-refractivity contribution in [3.05, 3.63) is 35.4 Å². The molecule has 0 aliphatic heterocycles. The van der Waals surface area contributed by atoms with Gasteiger partial charge >= 0.3 is 11.3 Å². The molecule has 0 saturated heterocycles. The number of hydrogen-bond donors (Lipinski definition) is 0. The van der Waals surface area contributed by atoms with E-state index < -0.39 is 17.7 Å². The fourth-order valence-electron chi connectivity index (χ4n) is 1.48. The summed E-state index contributed by atoms with van der Waals surface area (Å²) in [5.74, 6) is -4.25. The van der Waals surface area contributed by atoms with Crippen LogP contribution in [0.5, 0.6) is 0 Å². The third kappa shape index (κ3) is 3.61. The van der Waals surface area contributed by atoms with Crippen molar-refractivity contribution in [2.45, 2.75) is 43.9 Å². The summed E-state index contributed by atoms with van der Waals surface area (Å²) in [5.41, 5.74) is 0.970. The van der Waals surface area contributed by atoms with Gasteiger partial charge in [-0.2, -0.15) is 17.6 Å². The zero-order valence-corrected chi connectivity index (χ0v) is 11.2. The largest absolute Gasteiger partial charge is 0.384 e. The Kier molecular flexibility index (Phi) is 4.01. The number of alkyl halides is 5. The first-order valence-electron chi connectivity index (χ1n) is 5.47. The molecule has 5 heteroatoms. The first-order valence-corrected chi connectivity index (χ1v) is 5.85. The van der Waals surface area contributed by atoms with Crippen LogP contribution in [0.4, 0.5) is 17.6 Å². The van der Waals surface area contributed by atoms with Gasteiger partial charge in [0.1, 0.15) is 0 Å². The summed E-state index contributed by atoms with van der Waals surface area (Å²) in [6, 6.07) is 6.18. The smallest absolute Gasteiger partial charge is 0.198 e. The van der Waals surface area contributed by atoms with Gasteiger partial charge in [0, 0.05) is 6.42 Å². The zero-order chi connectivity index (χ0) is 14.2. The van der Waals surface area contributed by atoms with Gasteiger partial charge in [-0.25, -0.2) is 0 Å². The summed E-state index contributed by atoms with van der Waals surface area (Å²) in [4.78, 5) is 0. The molecular formula is C13H15ClF4. The Labute approximate surface area is 109 Å². The minimum absolute atomic E-state index is 0.114. The van der Waals surface area contributed by atoms with E-state index >= 15 is 0 Å². The molecule has 0 unspecified atom stereocenters. The normalized spacial score (nSPS) is 13.8. The molecule has 1 aromatic carbocycles. The molecule has 0 nitrogen and oxygen atoms in total. The molecule has 0 spiro atoms. The van der Waals surface area contributed by atoms with Gasteiger partial charge in [0.15, 0.2) is 0 Å². The lowest BCUT2D eigenvalue weighted by Gasteiger charge is -2.22. The lowest BCUT2D eigenvalue weighted by Crippen LogP contribution is -2.37. The van der Waals surface area contributed by atoms with Crippen molar-refractivity contribution in [1.29, 1.82) is 0 Å². The third-order valence-electron chi connectivity index (χ3n) is 2.66. The topological polar surface area (TPSA) is 0 Å². The standard InChI is InChI=1S/C13H15ClF4/c1-11(2,3)10-6-4-9(5-7-10)8-12(15,16)13(14,17)18/h4-7H,8H2,1-3H3. The Morgan fingerprint density at radius 2 is 1.39 bits per heavy atom. The molecule has 0 aromatic heterocycles. The van der Waals surface area contributed by atoms with Gasteiger partial charge in [-0.3, -0.25) is 0 Å². The molecule has 1 rings (SSSR count). The average molecular weight is 283 g/mol. The van der Waals surface area contributed by atoms with Crippen LogP contribution in [0.15, 0.2) is 24.3 Å².